The van der Waals surface area contributed by atoms with Crippen molar-refractivity contribution in [1.29, 1.82) is 0 Å². The number of aryl methyl sites for hydroxylation is 2. The molecule has 0 radical (unpaired) electrons. The molecule has 256 valence electrons. The van der Waals surface area contributed by atoms with Crippen LogP contribution in [0.1, 0.15) is 69.2 Å². The minimum Gasteiger partial charge on any atom is -0.369 e. The first-order valence-corrected chi connectivity index (χ1v) is 18.1. The van der Waals surface area contributed by atoms with E-state index in [0.717, 1.165) is 11.4 Å². The first-order chi connectivity index (χ1) is 23.8. The molecule has 0 amide bonds. The second kappa shape index (κ2) is 18.6. The summed E-state index contributed by atoms with van der Waals surface area (Å²) in [7, 11) is 7.36. The van der Waals surface area contributed by atoms with Crippen molar-refractivity contribution in [3.05, 3.63) is 144 Å². The Kier molecular flexibility index (Phi) is 14.3. The van der Waals surface area contributed by atoms with Gasteiger partial charge in [0.15, 0.2) is 0 Å². The standard InChI is InChI=1S/C18H18N2OP2.2C9H9N.2C3H8/c1-21-18(16-10-12-6-2-4-8-14(12)19(16)22)17-11-13-7-3-5-9-15(13)20(17)23;2*1-7-6-10-9-5-3-2-4-8(7)9;2*1-3-2/h2-11,18H,22-23H2,1H3;2*2-6,10H,1H3;2*3H2,1-2H3. The van der Waals surface area contributed by atoms with Crippen LogP contribution in [0.25, 0.3) is 43.6 Å². The van der Waals surface area contributed by atoms with Gasteiger partial charge in [0.25, 0.3) is 0 Å². The number of fused-ring (bicyclic) bond motifs is 4. The number of aromatic nitrogens is 4. The lowest BCUT2D eigenvalue weighted by atomic mass is 10.1. The predicted molar refractivity (Wildman–Crippen MR) is 221 cm³/mol. The SMILES string of the molecule is CCC.CCC.COC(c1cc2ccccc2n1P)c1cc2ccccc2n1P.Cc1c[nH]c2ccccc12.Cc1c[nH]c2ccccc12. The van der Waals surface area contributed by atoms with E-state index >= 15 is 0 Å². The topological polar surface area (TPSA) is 50.7 Å². The Morgan fingerprint density at radius 2 is 0.918 bits per heavy atom. The summed E-state index contributed by atoms with van der Waals surface area (Å²) in [5.41, 5.74) is 9.67. The maximum absolute atomic E-state index is 5.87. The summed E-state index contributed by atoms with van der Waals surface area (Å²) in [5.74, 6) is 0. The average Bonchev–Trinajstić information content (AvgIpc) is 3.88. The fraction of sp³-hybridized carbons (Fsp3) is 0.238. The predicted octanol–water partition coefficient (Wildman–Crippen LogP) is 12.4. The van der Waals surface area contributed by atoms with Crippen LogP contribution in [0.2, 0.25) is 0 Å². The molecule has 7 heteroatoms. The van der Waals surface area contributed by atoms with Crippen LogP contribution in [0.15, 0.2) is 122 Å². The van der Waals surface area contributed by atoms with E-state index in [2.05, 4.69) is 176 Å². The van der Waals surface area contributed by atoms with E-state index in [1.807, 2.05) is 24.5 Å². The molecule has 2 N–H and O–H groups in total. The Labute approximate surface area is 296 Å². The van der Waals surface area contributed by atoms with Crippen molar-refractivity contribution in [2.75, 3.05) is 7.11 Å². The highest BCUT2D eigenvalue weighted by atomic mass is 31.0. The Morgan fingerprint density at radius 3 is 1.27 bits per heavy atom. The molecule has 8 aromatic rings. The minimum atomic E-state index is -0.134. The highest BCUT2D eigenvalue weighted by Gasteiger charge is 2.22. The molecule has 0 aliphatic carbocycles. The summed E-state index contributed by atoms with van der Waals surface area (Å²) in [6, 6.07) is 37.7. The monoisotopic (exact) mass is 690 g/mol. The fourth-order valence-electron chi connectivity index (χ4n) is 5.62. The van der Waals surface area contributed by atoms with E-state index in [-0.39, 0.29) is 6.10 Å². The number of nitrogens with one attached hydrogen (secondary N) is 2. The van der Waals surface area contributed by atoms with Gasteiger partial charge in [0, 0.05) is 52.1 Å². The van der Waals surface area contributed by atoms with Crippen LogP contribution >= 0.6 is 18.8 Å². The number of hydrogen-bond acceptors (Lipinski definition) is 1. The lowest BCUT2D eigenvalue weighted by molar-refractivity contribution is 0.129. The number of H-pyrrole nitrogens is 2. The molecule has 4 heterocycles. The Balaban J connectivity index is 0.000000172. The zero-order valence-electron chi connectivity index (χ0n) is 30.0. The third-order valence-electron chi connectivity index (χ3n) is 7.92. The molecule has 0 saturated heterocycles. The number of hydrogen-bond donors (Lipinski definition) is 2. The molecule has 0 aliphatic rings. The van der Waals surface area contributed by atoms with Gasteiger partial charge in [-0.15, -0.1) is 0 Å². The highest BCUT2D eigenvalue weighted by molar-refractivity contribution is 7.15. The van der Waals surface area contributed by atoms with Gasteiger partial charge in [-0.05, 0) is 80.2 Å². The molecule has 5 nitrogen and oxygen atoms in total. The molecule has 0 bridgehead atoms. The zero-order valence-corrected chi connectivity index (χ0v) is 32.3. The Bertz CT molecular complexity index is 2030. The van der Waals surface area contributed by atoms with Gasteiger partial charge in [0.1, 0.15) is 6.10 Å². The molecule has 49 heavy (non-hydrogen) atoms. The summed E-state index contributed by atoms with van der Waals surface area (Å²) in [5, 5.41) is 5.07. The van der Waals surface area contributed by atoms with Crippen molar-refractivity contribution in [2.24, 2.45) is 0 Å². The lowest BCUT2D eigenvalue weighted by Crippen LogP contribution is -2.08. The van der Waals surface area contributed by atoms with Gasteiger partial charge in [-0.1, -0.05) is 113 Å². The zero-order chi connectivity index (χ0) is 35.3. The summed E-state index contributed by atoms with van der Waals surface area (Å²) >= 11 is 0. The van der Waals surface area contributed by atoms with Crippen molar-refractivity contribution >= 4 is 62.4 Å². The van der Waals surface area contributed by atoms with Crippen LogP contribution in [0.4, 0.5) is 0 Å². The maximum Gasteiger partial charge on any atom is 0.137 e. The number of rotatable bonds is 3. The largest absolute Gasteiger partial charge is 0.369 e. The molecule has 4 aromatic carbocycles. The molecule has 2 unspecified atom stereocenters. The van der Waals surface area contributed by atoms with Crippen LogP contribution in [0, 0.1) is 13.8 Å². The summed E-state index contributed by atoms with van der Waals surface area (Å²) in [6.45, 7) is 12.7. The number of nitrogens with zero attached hydrogens (tertiary/aromatic N) is 2. The van der Waals surface area contributed by atoms with Gasteiger partial charge in [-0.3, -0.25) is 0 Å². The second-order valence-corrected chi connectivity index (χ2v) is 13.1. The number of methoxy groups -OCH3 is 1. The third-order valence-corrected chi connectivity index (χ3v) is 9.07. The minimum absolute atomic E-state index is 0.134. The van der Waals surface area contributed by atoms with Crippen LogP contribution in [0.5, 0.6) is 0 Å². The number of para-hydroxylation sites is 4. The lowest BCUT2D eigenvalue weighted by Gasteiger charge is -2.17. The molecule has 0 aliphatic heterocycles. The van der Waals surface area contributed by atoms with Gasteiger partial charge in [0.2, 0.25) is 0 Å². The van der Waals surface area contributed by atoms with Crippen LogP contribution < -0.4 is 0 Å². The van der Waals surface area contributed by atoms with Crippen molar-refractivity contribution in [1.82, 2.24) is 18.6 Å². The van der Waals surface area contributed by atoms with Gasteiger partial charge in [-0.25, -0.2) is 0 Å². The molecule has 2 atom stereocenters. The van der Waals surface area contributed by atoms with Gasteiger partial charge < -0.3 is 23.4 Å². The number of benzene rings is 4. The first-order valence-electron chi connectivity index (χ1n) is 17.1. The van der Waals surface area contributed by atoms with Gasteiger partial charge >= 0.3 is 0 Å². The van der Waals surface area contributed by atoms with Crippen LogP contribution in [-0.2, 0) is 4.74 Å². The van der Waals surface area contributed by atoms with Crippen molar-refractivity contribution < 1.29 is 4.74 Å². The summed E-state index contributed by atoms with van der Waals surface area (Å²) in [6.07, 6.45) is 6.43. The van der Waals surface area contributed by atoms with Crippen molar-refractivity contribution in [3.63, 3.8) is 0 Å². The van der Waals surface area contributed by atoms with E-state index in [1.54, 1.807) is 7.11 Å². The van der Waals surface area contributed by atoms with Gasteiger partial charge in [0.05, 0.1) is 22.4 Å². The second-order valence-electron chi connectivity index (χ2n) is 12.1. The van der Waals surface area contributed by atoms with Crippen LogP contribution in [-0.4, -0.2) is 25.8 Å². The first kappa shape index (κ1) is 37.7. The average molecular weight is 691 g/mol. The molecule has 0 fully saturated rings. The molecular weight excluding hydrogens is 638 g/mol. The fourth-order valence-corrected chi connectivity index (χ4v) is 6.51. The van der Waals surface area contributed by atoms with E-state index in [0.29, 0.717) is 0 Å². The molecule has 8 rings (SSSR count). The Morgan fingerprint density at radius 1 is 0.571 bits per heavy atom. The molecular formula is C42H52N4OP2. The number of aromatic amines is 2. The normalized spacial score (nSPS) is 10.6. The quantitative estimate of drug-likeness (QED) is 0.178. The van der Waals surface area contributed by atoms with E-state index < -0.39 is 0 Å². The van der Waals surface area contributed by atoms with Crippen LogP contribution in [0.3, 0.4) is 0 Å². The Hall–Kier alpha value is -4.14. The smallest absolute Gasteiger partial charge is 0.137 e. The number of ether oxygens (including phenoxy) is 1. The summed E-state index contributed by atoms with van der Waals surface area (Å²) < 4.78 is 10.1. The van der Waals surface area contributed by atoms with E-state index in [4.69, 9.17) is 4.74 Å². The van der Waals surface area contributed by atoms with Crippen molar-refractivity contribution in [3.8, 4) is 0 Å². The van der Waals surface area contributed by atoms with E-state index in [1.165, 1.54) is 67.6 Å². The molecule has 0 saturated carbocycles. The van der Waals surface area contributed by atoms with Crippen molar-refractivity contribution in [2.45, 2.75) is 60.5 Å². The third kappa shape index (κ3) is 9.11. The van der Waals surface area contributed by atoms with Gasteiger partial charge in [-0.2, -0.15) is 0 Å². The maximum atomic E-state index is 5.87. The van der Waals surface area contributed by atoms with E-state index in [9.17, 15) is 0 Å². The highest BCUT2D eigenvalue weighted by Crippen LogP contribution is 2.36. The molecule has 0 spiro atoms. The summed E-state index contributed by atoms with van der Waals surface area (Å²) in [4.78, 5) is 6.38. The molecule has 4 aromatic heterocycles.